The second-order valence-corrected chi connectivity index (χ2v) is 9.83. The summed E-state index contributed by atoms with van der Waals surface area (Å²) in [7, 11) is 0. The maximum Gasteiger partial charge on any atom is 0.324 e. The number of anilines is 2. The molecule has 0 bridgehead atoms. The van der Waals surface area contributed by atoms with E-state index in [1.807, 2.05) is 30.3 Å². The fourth-order valence-corrected chi connectivity index (χ4v) is 6.05. The topological polar surface area (TPSA) is 122 Å². The minimum Gasteiger partial charge on any atom is -0.480 e. The number of Topliss-reactive ketones (excluding diaryl/α,β-unsaturated/α-hetero) is 2. The molecule has 0 spiro atoms. The van der Waals surface area contributed by atoms with Crippen molar-refractivity contribution in [3.05, 3.63) is 59.7 Å². The smallest absolute Gasteiger partial charge is 0.324 e. The van der Waals surface area contributed by atoms with Gasteiger partial charge in [-0.05, 0) is 42.5 Å². The lowest BCUT2D eigenvalue weighted by molar-refractivity contribution is -0.146. The van der Waals surface area contributed by atoms with Crippen LogP contribution in [0.15, 0.2) is 48.5 Å². The van der Waals surface area contributed by atoms with Crippen LogP contribution in [-0.4, -0.2) is 60.5 Å². The summed E-state index contributed by atoms with van der Waals surface area (Å²) < 4.78 is 5.39. The number of nitrogens with zero attached hydrogens (tertiary/aromatic N) is 1. The molecule has 4 unspecified atom stereocenters. The Morgan fingerprint density at radius 3 is 2.63 bits per heavy atom. The summed E-state index contributed by atoms with van der Waals surface area (Å²) in [6, 6.07) is 14.6. The van der Waals surface area contributed by atoms with Crippen molar-refractivity contribution in [2.75, 3.05) is 36.5 Å². The van der Waals surface area contributed by atoms with Gasteiger partial charge in [0.05, 0.1) is 13.2 Å². The Hall–Kier alpha value is -3.23. The number of carboxylic acids is 1. The van der Waals surface area contributed by atoms with Gasteiger partial charge in [0.2, 0.25) is 11.6 Å². The summed E-state index contributed by atoms with van der Waals surface area (Å²) in [6.45, 7) is 2.61. The number of aliphatic carboxylic acids is 1. The molecule has 0 radical (unpaired) electrons. The molecule has 35 heavy (non-hydrogen) atoms. The maximum atomic E-state index is 13.3. The lowest BCUT2D eigenvalue weighted by Crippen LogP contribution is -2.59. The van der Waals surface area contributed by atoms with Gasteiger partial charge in [-0.3, -0.25) is 14.4 Å². The predicted octanol–water partition coefficient (Wildman–Crippen LogP) is 2.83. The van der Waals surface area contributed by atoms with Crippen LogP contribution in [0.25, 0.3) is 0 Å². The molecule has 8 heteroatoms. The lowest BCUT2D eigenvalue weighted by Gasteiger charge is -2.44. The molecule has 2 aromatic rings. The van der Waals surface area contributed by atoms with Crippen LogP contribution in [0.2, 0.25) is 0 Å². The van der Waals surface area contributed by atoms with Gasteiger partial charge in [0.25, 0.3) is 0 Å². The third-order valence-corrected chi connectivity index (χ3v) is 7.78. The highest BCUT2D eigenvalue weighted by Gasteiger charge is 2.53. The van der Waals surface area contributed by atoms with Gasteiger partial charge in [0.15, 0.2) is 0 Å². The summed E-state index contributed by atoms with van der Waals surface area (Å²) in [4.78, 5) is 41.2. The van der Waals surface area contributed by atoms with Crippen LogP contribution in [0, 0.1) is 5.92 Å². The van der Waals surface area contributed by atoms with Crippen LogP contribution in [0.4, 0.5) is 11.4 Å². The Labute approximate surface area is 204 Å². The number of rotatable bonds is 7. The van der Waals surface area contributed by atoms with E-state index in [-0.39, 0.29) is 17.5 Å². The summed E-state index contributed by atoms with van der Waals surface area (Å²) in [5.41, 5.74) is 7.48. The van der Waals surface area contributed by atoms with Crippen molar-refractivity contribution in [2.45, 2.75) is 43.2 Å². The molecule has 4 atom stereocenters. The third kappa shape index (κ3) is 4.32. The number of hydrogen-bond acceptors (Lipinski definition) is 7. The van der Waals surface area contributed by atoms with Crippen molar-refractivity contribution in [3.8, 4) is 0 Å². The molecular weight excluding hydrogens is 446 g/mol. The molecule has 1 aliphatic carbocycles. The molecule has 0 aromatic heterocycles. The van der Waals surface area contributed by atoms with Gasteiger partial charge in [0, 0.05) is 48.4 Å². The van der Waals surface area contributed by atoms with Gasteiger partial charge in [-0.15, -0.1) is 0 Å². The number of para-hydroxylation sites is 1. The SMILES string of the molecule is NC(CC(=O)C(=O)c1cccc(N2CCOCC2)c1)(C(=O)O)C1c2ccccc2NC2CCCC21. The van der Waals surface area contributed by atoms with E-state index in [0.717, 1.165) is 36.2 Å². The summed E-state index contributed by atoms with van der Waals surface area (Å²) >= 11 is 0. The van der Waals surface area contributed by atoms with Gasteiger partial charge in [-0.25, -0.2) is 0 Å². The summed E-state index contributed by atoms with van der Waals surface area (Å²) in [5.74, 6) is -3.33. The molecule has 3 aliphatic rings. The highest BCUT2D eigenvalue weighted by atomic mass is 16.5. The molecule has 1 saturated carbocycles. The number of hydrogen-bond donors (Lipinski definition) is 3. The van der Waals surface area contributed by atoms with E-state index >= 15 is 0 Å². The first kappa shape index (κ1) is 23.5. The number of ketones is 2. The summed E-state index contributed by atoms with van der Waals surface area (Å²) in [6.07, 6.45) is 2.16. The first-order valence-corrected chi connectivity index (χ1v) is 12.3. The molecule has 0 amide bonds. The molecule has 2 heterocycles. The molecule has 2 aromatic carbocycles. The van der Waals surface area contributed by atoms with Crippen LogP contribution in [0.1, 0.15) is 47.5 Å². The van der Waals surface area contributed by atoms with Gasteiger partial charge < -0.3 is 25.8 Å². The number of nitrogens with two attached hydrogens (primary N) is 1. The van der Waals surface area contributed by atoms with Crippen molar-refractivity contribution < 1.29 is 24.2 Å². The molecule has 5 rings (SSSR count). The largest absolute Gasteiger partial charge is 0.480 e. The quantitative estimate of drug-likeness (QED) is 0.411. The van der Waals surface area contributed by atoms with E-state index in [2.05, 4.69) is 10.2 Å². The van der Waals surface area contributed by atoms with Crippen LogP contribution < -0.4 is 16.0 Å². The number of fused-ring (bicyclic) bond motifs is 2. The molecular formula is C27H31N3O5. The van der Waals surface area contributed by atoms with Crippen molar-refractivity contribution in [1.29, 1.82) is 0 Å². The maximum absolute atomic E-state index is 13.3. The Bertz CT molecular complexity index is 1150. The van der Waals surface area contributed by atoms with Crippen molar-refractivity contribution in [2.24, 2.45) is 11.7 Å². The first-order valence-electron chi connectivity index (χ1n) is 12.3. The van der Waals surface area contributed by atoms with E-state index in [1.54, 1.807) is 18.2 Å². The van der Waals surface area contributed by atoms with Gasteiger partial charge >= 0.3 is 5.97 Å². The third-order valence-electron chi connectivity index (χ3n) is 7.78. The number of benzene rings is 2. The fourth-order valence-electron chi connectivity index (χ4n) is 6.05. The lowest BCUT2D eigenvalue weighted by atomic mass is 9.66. The molecule has 2 aliphatic heterocycles. The van der Waals surface area contributed by atoms with E-state index in [1.165, 1.54) is 0 Å². The van der Waals surface area contributed by atoms with Crippen LogP contribution in [0.5, 0.6) is 0 Å². The van der Waals surface area contributed by atoms with Gasteiger partial charge in [-0.2, -0.15) is 0 Å². The standard InChI is InChI=1S/C27H31N3O5/c28-27(26(33)34,24-19-7-1-2-9-21(19)29-22-10-4-8-20(22)24)16-23(31)25(32)17-5-3-6-18(15-17)30-11-13-35-14-12-30/h1-3,5-7,9,15,20,22,24,29H,4,8,10-14,16,28H2,(H,33,34). The molecule has 1 saturated heterocycles. The fraction of sp³-hybridized carbons (Fsp3) is 0.444. The first-order chi connectivity index (χ1) is 16.9. The van der Waals surface area contributed by atoms with Crippen molar-refractivity contribution in [1.82, 2.24) is 0 Å². The summed E-state index contributed by atoms with van der Waals surface area (Å²) in [5, 5.41) is 13.8. The van der Waals surface area contributed by atoms with Crippen molar-refractivity contribution in [3.63, 3.8) is 0 Å². The van der Waals surface area contributed by atoms with E-state index < -0.39 is 35.4 Å². The van der Waals surface area contributed by atoms with E-state index in [9.17, 15) is 19.5 Å². The number of ether oxygens (including phenoxy) is 1. The zero-order valence-corrected chi connectivity index (χ0v) is 19.6. The number of carboxylic acid groups (broad SMARTS) is 1. The average molecular weight is 478 g/mol. The number of carbonyl (C=O) groups is 3. The zero-order chi connectivity index (χ0) is 24.6. The Morgan fingerprint density at radius 1 is 1.09 bits per heavy atom. The molecule has 2 fully saturated rings. The van der Waals surface area contributed by atoms with Crippen LogP contribution >= 0.6 is 0 Å². The van der Waals surface area contributed by atoms with Gasteiger partial charge in [-0.1, -0.05) is 36.8 Å². The number of carbonyl (C=O) groups excluding carboxylic acids is 2. The second kappa shape index (κ2) is 9.43. The minimum absolute atomic E-state index is 0.0152. The normalized spacial score (nSPS) is 25.1. The zero-order valence-electron chi connectivity index (χ0n) is 19.6. The van der Waals surface area contributed by atoms with E-state index in [4.69, 9.17) is 10.5 Å². The van der Waals surface area contributed by atoms with Gasteiger partial charge in [0.1, 0.15) is 5.54 Å². The number of nitrogens with one attached hydrogen (secondary N) is 1. The van der Waals surface area contributed by atoms with E-state index in [0.29, 0.717) is 26.3 Å². The monoisotopic (exact) mass is 477 g/mol. The Balaban J connectivity index is 1.43. The number of morpholine rings is 1. The highest BCUT2D eigenvalue weighted by molar-refractivity contribution is 6.44. The minimum atomic E-state index is -1.89. The molecule has 8 nitrogen and oxygen atoms in total. The predicted molar refractivity (Wildman–Crippen MR) is 132 cm³/mol. The van der Waals surface area contributed by atoms with Crippen molar-refractivity contribution >= 4 is 28.9 Å². The van der Waals surface area contributed by atoms with Crippen LogP contribution in [0.3, 0.4) is 0 Å². The van der Waals surface area contributed by atoms with Crippen LogP contribution in [-0.2, 0) is 14.3 Å². The highest BCUT2D eigenvalue weighted by Crippen LogP contribution is 2.50. The Morgan fingerprint density at radius 2 is 1.86 bits per heavy atom. The average Bonchev–Trinajstić information content (AvgIpc) is 3.35. The molecule has 184 valence electrons. The Kier molecular flexibility index (Phi) is 6.34. The second-order valence-electron chi connectivity index (χ2n) is 9.83. The molecule has 4 N–H and O–H groups in total.